The Morgan fingerprint density at radius 3 is 3.05 bits per heavy atom. The predicted octanol–water partition coefficient (Wildman–Crippen LogP) is 2.13. The first kappa shape index (κ1) is 13.9. The van der Waals surface area contributed by atoms with Crippen molar-refractivity contribution in [2.24, 2.45) is 5.92 Å². The zero-order valence-electron chi connectivity index (χ0n) is 11.5. The van der Waals surface area contributed by atoms with Crippen LogP contribution in [0.3, 0.4) is 0 Å². The molecule has 1 aliphatic heterocycles. The average Bonchev–Trinajstić information content (AvgIpc) is 2.45. The fourth-order valence-corrected chi connectivity index (χ4v) is 2.38. The van der Waals surface area contributed by atoms with Gasteiger partial charge in [-0.25, -0.2) is 0 Å². The maximum Gasteiger partial charge on any atom is 0.309 e. The smallest absolute Gasteiger partial charge is 0.309 e. The average molecular weight is 263 g/mol. The van der Waals surface area contributed by atoms with E-state index >= 15 is 0 Å². The summed E-state index contributed by atoms with van der Waals surface area (Å²) in [6.45, 7) is 3.30. The monoisotopic (exact) mass is 263 g/mol. The van der Waals surface area contributed by atoms with Gasteiger partial charge in [0, 0.05) is 6.04 Å². The van der Waals surface area contributed by atoms with Gasteiger partial charge in [-0.05, 0) is 44.0 Å². The molecule has 19 heavy (non-hydrogen) atoms. The number of carbonyl (C=O) groups excluding carboxylic acids is 1. The van der Waals surface area contributed by atoms with Crippen LogP contribution in [0.5, 0.6) is 5.75 Å². The summed E-state index contributed by atoms with van der Waals surface area (Å²) in [5.74, 6) is 0.724. The topological polar surface area (TPSA) is 47.6 Å². The molecule has 104 valence electrons. The van der Waals surface area contributed by atoms with Crippen LogP contribution in [0, 0.1) is 5.92 Å². The summed E-state index contributed by atoms with van der Waals surface area (Å²) in [4.78, 5) is 12.0. The van der Waals surface area contributed by atoms with Crippen LogP contribution in [0.15, 0.2) is 24.3 Å². The number of piperidine rings is 1. The van der Waals surface area contributed by atoms with E-state index in [4.69, 9.17) is 9.47 Å². The zero-order valence-corrected chi connectivity index (χ0v) is 11.5. The number of rotatable bonds is 4. The molecule has 2 unspecified atom stereocenters. The molecule has 0 radical (unpaired) electrons. The Labute approximate surface area is 114 Å². The lowest BCUT2D eigenvalue weighted by Crippen LogP contribution is -2.39. The molecule has 0 spiro atoms. The van der Waals surface area contributed by atoms with Crippen molar-refractivity contribution in [1.29, 1.82) is 0 Å². The van der Waals surface area contributed by atoms with Gasteiger partial charge in [-0.2, -0.15) is 0 Å². The molecule has 1 N–H and O–H groups in total. The van der Waals surface area contributed by atoms with E-state index in [0.29, 0.717) is 12.6 Å². The number of esters is 1. The molecule has 0 bridgehead atoms. The molecule has 0 aromatic heterocycles. The summed E-state index contributed by atoms with van der Waals surface area (Å²) in [5.41, 5.74) is 0.953. The van der Waals surface area contributed by atoms with E-state index in [2.05, 4.69) is 12.2 Å². The first-order chi connectivity index (χ1) is 9.19. The summed E-state index contributed by atoms with van der Waals surface area (Å²) in [6.07, 6.45) is 1.72. The van der Waals surface area contributed by atoms with E-state index in [1.54, 1.807) is 7.11 Å². The van der Waals surface area contributed by atoms with Crippen LogP contribution in [0.2, 0.25) is 0 Å². The SMILES string of the molecule is COc1cccc(COC(=O)C2CCNC(C)C2)c1. The largest absolute Gasteiger partial charge is 0.497 e. The van der Waals surface area contributed by atoms with Crippen molar-refractivity contribution in [3.8, 4) is 5.75 Å². The van der Waals surface area contributed by atoms with Crippen molar-refractivity contribution in [3.63, 3.8) is 0 Å². The van der Waals surface area contributed by atoms with Crippen molar-refractivity contribution < 1.29 is 14.3 Å². The van der Waals surface area contributed by atoms with E-state index < -0.39 is 0 Å². The molecular weight excluding hydrogens is 242 g/mol. The lowest BCUT2D eigenvalue weighted by atomic mass is 9.93. The Balaban J connectivity index is 1.85. The van der Waals surface area contributed by atoms with Crippen molar-refractivity contribution in [3.05, 3.63) is 29.8 Å². The van der Waals surface area contributed by atoms with Crippen LogP contribution in [0.1, 0.15) is 25.3 Å². The first-order valence-electron chi connectivity index (χ1n) is 6.72. The van der Waals surface area contributed by atoms with Crippen LogP contribution >= 0.6 is 0 Å². The van der Waals surface area contributed by atoms with Crippen molar-refractivity contribution in [2.75, 3.05) is 13.7 Å². The highest BCUT2D eigenvalue weighted by Crippen LogP contribution is 2.19. The summed E-state index contributed by atoms with van der Waals surface area (Å²) in [5, 5.41) is 3.33. The Morgan fingerprint density at radius 2 is 2.32 bits per heavy atom. The molecule has 2 atom stereocenters. The standard InChI is InChI=1S/C15H21NO3/c1-11-8-13(6-7-16-11)15(17)19-10-12-4-3-5-14(9-12)18-2/h3-5,9,11,13,16H,6-8,10H2,1-2H3. The highest BCUT2D eigenvalue weighted by Gasteiger charge is 2.25. The zero-order chi connectivity index (χ0) is 13.7. The number of methoxy groups -OCH3 is 1. The molecule has 1 heterocycles. The fourth-order valence-electron chi connectivity index (χ4n) is 2.38. The molecule has 2 rings (SSSR count). The van der Waals surface area contributed by atoms with Gasteiger partial charge in [-0.15, -0.1) is 0 Å². The second-order valence-corrected chi connectivity index (χ2v) is 5.04. The molecule has 4 nitrogen and oxygen atoms in total. The van der Waals surface area contributed by atoms with Gasteiger partial charge in [0.15, 0.2) is 0 Å². The Morgan fingerprint density at radius 1 is 1.47 bits per heavy atom. The molecule has 0 saturated carbocycles. The normalized spacial score (nSPS) is 22.8. The van der Waals surface area contributed by atoms with Crippen molar-refractivity contribution in [1.82, 2.24) is 5.32 Å². The third-order valence-corrected chi connectivity index (χ3v) is 3.47. The molecule has 0 aliphatic carbocycles. The number of ether oxygens (including phenoxy) is 2. The number of hydrogen-bond donors (Lipinski definition) is 1. The summed E-state index contributed by atoms with van der Waals surface area (Å²) < 4.78 is 10.5. The minimum Gasteiger partial charge on any atom is -0.497 e. The molecule has 1 aromatic carbocycles. The minimum atomic E-state index is -0.0869. The number of nitrogens with one attached hydrogen (secondary N) is 1. The van der Waals surface area contributed by atoms with Crippen LogP contribution < -0.4 is 10.1 Å². The molecule has 1 aliphatic rings. The minimum absolute atomic E-state index is 0.0295. The van der Waals surface area contributed by atoms with E-state index in [1.165, 1.54) is 0 Å². The van der Waals surface area contributed by atoms with Gasteiger partial charge >= 0.3 is 5.97 Å². The van der Waals surface area contributed by atoms with Gasteiger partial charge in [0.25, 0.3) is 0 Å². The second-order valence-electron chi connectivity index (χ2n) is 5.04. The second kappa shape index (κ2) is 6.57. The highest BCUT2D eigenvalue weighted by atomic mass is 16.5. The Kier molecular flexibility index (Phi) is 4.80. The number of carbonyl (C=O) groups is 1. The van der Waals surface area contributed by atoms with E-state index in [-0.39, 0.29) is 11.9 Å². The van der Waals surface area contributed by atoms with Crippen LogP contribution in [-0.2, 0) is 16.1 Å². The lowest BCUT2D eigenvalue weighted by Gasteiger charge is -2.26. The van der Waals surface area contributed by atoms with Crippen molar-refractivity contribution in [2.45, 2.75) is 32.4 Å². The summed E-state index contributed by atoms with van der Waals surface area (Å²) in [7, 11) is 1.63. The van der Waals surface area contributed by atoms with Gasteiger partial charge in [0.05, 0.1) is 13.0 Å². The van der Waals surface area contributed by atoms with Gasteiger partial charge in [-0.3, -0.25) is 4.79 Å². The molecule has 1 fully saturated rings. The first-order valence-corrected chi connectivity index (χ1v) is 6.72. The Bertz CT molecular complexity index is 433. The number of benzene rings is 1. The third kappa shape index (κ3) is 3.96. The number of hydrogen-bond acceptors (Lipinski definition) is 4. The van der Waals surface area contributed by atoms with Crippen LogP contribution in [0.4, 0.5) is 0 Å². The van der Waals surface area contributed by atoms with Gasteiger partial charge in [0.2, 0.25) is 0 Å². The quantitative estimate of drug-likeness (QED) is 0.845. The van der Waals surface area contributed by atoms with Crippen LogP contribution in [-0.4, -0.2) is 25.7 Å². The maximum absolute atomic E-state index is 12.0. The molecule has 1 saturated heterocycles. The van der Waals surface area contributed by atoms with Gasteiger partial charge in [-0.1, -0.05) is 12.1 Å². The molecule has 0 amide bonds. The van der Waals surface area contributed by atoms with E-state index in [0.717, 1.165) is 30.7 Å². The van der Waals surface area contributed by atoms with Crippen molar-refractivity contribution >= 4 is 5.97 Å². The highest BCUT2D eigenvalue weighted by molar-refractivity contribution is 5.72. The maximum atomic E-state index is 12.0. The fraction of sp³-hybridized carbons (Fsp3) is 0.533. The van der Waals surface area contributed by atoms with E-state index in [1.807, 2.05) is 24.3 Å². The molecular formula is C15H21NO3. The Hall–Kier alpha value is -1.55. The third-order valence-electron chi connectivity index (χ3n) is 3.47. The summed E-state index contributed by atoms with van der Waals surface area (Å²) in [6, 6.07) is 7.98. The van der Waals surface area contributed by atoms with Gasteiger partial charge < -0.3 is 14.8 Å². The van der Waals surface area contributed by atoms with E-state index in [9.17, 15) is 4.79 Å². The molecule has 4 heteroatoms. The molecule has 1 aromatic rings. The lowest BCUT2D eigenvalue weighted by molar-refractivity contribution is -0.151. The summed E-state index contributed by atoms with van der Waals surface area (Å²) >= 11 is 0. The predicted molar refractivity (Wildman–Crippen MR) is 73.0 cm³/mol. The van der Waals surface area contributed by atoms with Gasteiger partial charge in [0.1, 0.15) is 12.4 Å². The van der Waals surface area contributed by atoms with Crippen LogP contribution in [0.25, 0.3) is 0 Å².